The Kier molecular flexibility index (Phi) is 3.22. The number of rotatable bonds is 1. The van der Waals surface area contributed by atoms with E-state index in [9.17, 15) is 4.79 Å². The van der Waals surface area contributed by atoms with E-state index in [1.54, 1.807) is 24.5 Å². The highest BCUT2D eigenvalue weighted by Gasteiger charge is 2.18. The van der Waals surface area contributed by atoms with Crippen LogP contribution < -0.4 is 5.32 Å². The van der Waals surface area contributed by atoms with Crippen LogP contribution in [0.4, 0.5) is 0 Å². The number of hydrogen-bond donors (Lipinski definition) is 1. The zero-order chi connectivity index (χ0) is 13.3. The van der Waals surface area contributed by atoms with Crippen molar-refractivity contribution in [3.63, 3.8) is 0 Å². The number of nitrogens with zero attached hydrogens (tertiary/aromatic N) is 2. The number of aromatic nitrogens is 2. The minimum atomic E-state index is -0.288. The van der Waals surface area contributed by atoms with Gasteiger partial charge in [-0.05, 0) is 32.9 Å². The molecule has 2 rings (SSSR count). The molecule has 1 heterocycles. The number of benzene rings is 1. The third-order valence-corrected chi connectivity index (χ3v) is 2.74. The number of nitrogens with one attached hydrogen (secondary N) is 1. The first kappa shape index (κ1) is 12.8. The summed E-state index contributed by atoms with van der Waals surface area (Å²) in [6.45, 7) is 5.80. The SMILES string of the molecule is CC(C)(C)NC(=O)c1ccc(Cl)c2cnncc12. The Hall–Kier alpha value is -1.68. The number of halogens is 1. The summed E-state index contributed by atoms with van der Waals surface area (Å²) in [6.07, 6.45) is 3.12. The largest absolute Gasteiger partial charge is 0.347 e. The highest BCUT2D eigenvalue weighted by molar-refractivity contribution is 6.36. The van der Waals surface area contributed by atoms with Crippen molar-refractivity contribution in [3.8, 4) is 0 Å². The number of fused-ring (bicyclic) bond motifs is 1. The van der Waals surface area contributed by atoms with Crippen LogP contribution in [0.5, 0.6) is 0 Å². The topological polar surface area (TPSA) is 54.9 Å². The van der Waals surface area contributed by atoms with E-state index in [-0.39, 0.29) is 11.4 Å². The van der Waals surface area contributed by atoms with E-state index in [1.165, 1.54) is 0 Å². The molecule has 0 bridgehead atoms. The molecule has 4 nitrogen and oxygen atoms in total. The molecule has 94 valence electrons. The van der Waals surface area contributed by atoms with Gasteiger partial charge in [0.1, 0.15) is 0 Å². The Labute approximate surface area is 110 Å². The van der Waals surface area contributed by atoms with Gasteiger partial charge in [0.05, 0.1) is 17.4 Å². The average molecular weight is 264 g/mol. The zero-order valence-electron chi connectivity index (χ0n) is 10.5. The van der Waals surface area contributed by atoms with E-state index >= 15 is 0 Å². The third-order valence-electron chi connectivity index (χ3n) is 2.41. The van der Waals surface area contributed by atoms with Crippen molar-refractivity contribution in [2.45, 2.75) is 26.3 Å². The fourth-order valence-corrected chi connectivity index (χ4v) is 1.88. The number of carbonyl (C=O) groups is 1. The van der Waals surface area contributed by atoms with Crippen LogP contribution in [0, 0.1) is 0 Å². The Morgan fingerprint density at radius 3 is 2.39 bits per heavy atom. The van der Waals surface area contributed by atoms with Crippen molar-refractivity contribution in [1.82, 2.24) is 15.5 Å². The smallest absolute Gasteiger partial charge is 0.252 e. The third kappa shape index (κ3) is 2.59. The van der Waals surface area contributed by atoms with Gasteiger partial charge in [0, 0.05) is 21.9 Å². The van der Waals surface area contributed by atoms with E-state index in [1.807, 2.05) is 20.8 Å². The first-order valence-electron chi connectivity index (χ1n) is 5.60. The van der Waals surface area contributed by atoms with Crippen LogP contribution in [0.15, 0.2) is 24.5 Å². The minimum absolute atomic E-state index is 0.142. The summed E-state index contributed by atoms with van der Waals surface area (Å²) in [5, 5.41) is 12.5. The van der Waals surface area contributed by atoms with Gasteiger partial charge in [0.2, 0.25) is 0 Å². The maximum absolute atomic E-state index is 12.2. The molecule has 0 fully saturated rings. The molecule has 5 heteroatoms. The highest BCUT2D eigenvalue weighted by Crippen LogP contribution is 2.25. The molecule has 0 unspecified atom stereocenters. The number of amides is 1. The maximum Gasteiger partial charge on any atom is 0.252 e. The second-order valence-electron chi connectivity index (χ2n) is 5.12. The van der Waals surface area contributed by atoms with Gasteiger partial charge in [0.25, 0.3) is 5.91 Å². The van der Waals surface area contributed by atoms with Crippen molar-refractivity contribution in [2.24, 2.45) is 0 Å². The van der Waals surface area contributed by atoms with Gasteiger partial charge in [-0.25, -0.2) is 0 Å². The molecule has 18 heavy (non-hydrogen) atoms. The molecule has 0 saturated carbocycles. The Bertz CT molecular complexity index is 605. The number of carbonyl (C=O) groups excluding carboxylic acids is 1. The molecular weight excluding hydrogens is 250 g/mol. The molecule has 2 aromatic rings. The molecule has 1 aromatic heterocycles. The van der Waals surface area contributed by atoms with Gasteiger partial charge >= 0.3 is 0 Å². The molecule has 0 aliphatic carbocycles. The molecule has 1 amide bonds. The lowest BCUT2D eigenvalue weighted by molar-refractivity contribution is 0.0921. The first-order valence-corrected chi connectivity index (χ1v) is 5.98. The Balaban J connectivity index is 2.52. The van der Waals surface area contributed by atoms with Crippen molar-refractivity contribution in [2.75, 3.05) is 0 Å². The summed E-state index contributed by atoms with van der Waals surface area (Å²) in [7, 11) is 0. The molecule has 0 aliphatic rings. The lowest BCUT2D eigenvalue weighted by atomic mass is 10.0. The van der Waals surface area contributed by atoms with Crippen LogP contribution in [0.1, 0.15) is 31.1 Å². The summed E-state index contributed by atoms with van der Waals surface area (Å²) >= 11 is 6.07. The normalized spacial score (nSPS) is 11.6. The van der Waals surface area contributed by atoms with Crippen molar-refractivity contribution in [3.05, 3.63) is 35.1 Å². The molecule has 0 spiro atoms. The molecule has 0 radical (unpaired) electrons. The fraction of sp³-hybridized carbons (Fsp3) is 0.308. The van der Waals surface area contributed by atoms with Crippen LogP contribution in [-0.4, -0.2) is 21.6 Å². The van der Waals surface area contributed by atoms with E-state index in [2.05, 4.69) is 15.5 Å². The summed E-state index contributed by atoms with van der Waals surface area (Å²) in [6, 6.07) is 3.40. The Morgan fingerprint density at radius 2 is 1.78 bits per heavy atom. The second kappa shape index (κ2) is 4.53. The number of hydrogen-bond acceptors (Lipinski definition) is 3. The van der Waals surface area contributed by atoms with Crippen LogP contribution in [-0.2, 0) is 0 Å². The zero-order valence-corrected chi connectivity index (χ0v) is 11.2. The summed E-state index contributed by atoms with van der Waals surface area (Å²) < 4.78 is 0. The van der Waals surface area contributed by atoms with Crippen molar-refractivity contribution in [1.29, 1.82) is 0 Å². The maximum atomic E-state index is 12.2. The van der Waals surface area contributed by atoms with Gasteiger partial charge < -0.3 is 5.32 Å². The first-order chi connectivity index (χ1) is 8.38. The molecule has 1 N–H and O–H groups in total. The molecule has 0 aliphatic heterocycles. The minimum Gasteiger partial charge on any atom is -0.347 e. The van der Waals surface area contributed by atoms with Gasteiger partial charge in [-0.1, -0.05) is 11.6 Å². The van der Waals surface area contributed by atoms with Crippen molar-refractivity contribution >= 4 is 28.3 Å². The van der Waals surface area contributed by atoms with E-state index in [0.717, 1.165) is 5.39 Å². The van der Waals surface area contributed by atoms with Crippen LogP contribution in [0.25, 0.3) is 10.8 Å². The summed E-state index contributed by atoms with van der Waals surface area (Å²) in [4.78, 5) is 12.2. The van der Waals surface area contributed by atoms with E-state index < -0.39 is 0 Å². The monoisotopic (exact) mass is 263 g/mol. The highest BCUT2D eigenvalue weighted by atomic mass is 35.5. The van der Waals surface area contributed by atoms with Crippen LogP contribution >= 0.6 is 11.6 Å². The average Bonchev–Trinajstić information content (AvgIpc) is 2.27. The van der Waals surface area contributed by atoms with Gasteiger partial charge in [-0.15, -0.1) is 0 Å². The fourth-order valence-electron chi connectivity index (χ4n) is 1.67. The lowest BCUT2D eigenvalue weighted by Crippen LogP contribution is -2.40. The summed E-state index contributed by atoms with van der Waals surface area (Å²) in [5.41, 5.74) is 0.267. The van der Waals surface area contributed by atoms with Crippen LogP contribution in [0.2, 0.25) is 5.02 Å². The molecular formula is C13H14ClN3O. The quantitative estimate of drug-likeness (QED) is 0.861. The molecule has 0 saturated heterocycles. The molecule has 1 aromatic carbocycles. The van der Waals surface area contributed by atoms with Gasteiger partial charge in [-0.2, -0.15) is 10.2 Å². The summed E-state index contributed by atoms with van der Waals surface area (Å²) in [5.74, 6) is -0.142. The predicted molar refractivity (Wildman–Crippen MR) is 71.8 cm³/mol. The Morgan fingerprint density at radius 1 is 1.17 bits per heavy atom. The van der Waals surface area contributed by atoms with Gasteiger partial charge in [-0.3, -0.25) is 4.79 Å². The van der Waals surface area contributed by atoms with Gasteiger partial charge in [0.15, 0.2) is 0 Å². The predicted octanol–water partition coefficient (Wildman–Crippen LogP) is 2.81. The standard InChI is InChI=1S/C13H14ClN3O/c1-13(2,3)17-12(18)8-4-5-11(14)10-7-16-15-6-9(8)10/h4-7H,1-3H3,(H,17,18). The molecule has 0 atom stereocenters. The van der Waals surface area contributed by atoms with E-state index in [0.29, 0.717) is 16.0 Å². The van der Waals surface area contributed by atoms with E-state index in [4.69, 9.17) is 11.6 Å². The lowest BCUT2D eigenvalue weighted by Gasteiger charge is -2.21. The van der Waals surface area contributed by atoms with Crippen molar-refractivity contribution < 1.29 is 4.79 Å². The second-order valence-corrected chi connectivity index (χ2v) is 5.52. The van der Waals surface area contributed by atoms with Crippen LogP contribution in [0.3, 0.4) is 0 Å².